The second kappa shape index (κ2) is 8.62. The van der Waals surface area contributed by atoms with E-state index in [1.165, 1.54) is 18.2 Å². The zero-order chi connectivity index (χ0) is 18.4. The summed E-state index contributed by atoms with van der Waals surface area (Å²) in [5.74, 6) is -1.38. The Hall–Kier alpha value is -2.40. The number of benzene rings is 2. The Morgan fingerprint density at radius 3 is 2.44 bits per heavy atom. The largest absolute Gasteiger partial charge is 0.455 e. The maximum Gasteiger partial charge on any atom is 0.310 e. The van der Waals surface area contributed by atoms with Gasteiger partial charge in [0.15, 0.2) is 6.61 Å². The zero-order valence-corrected chi connectivity index (χ0v) is 14.8. The lowest BCUT2D eigenvalue weighted by molar-refractivity contribution is -0.146. The van der Waals surface area contributed by atoms with Gasteiger partial charge in [-0.3, -0.25) is 9.59 Å². The topological polar surface area (TPSA) is 55.4 Å². The van der Waals surface area contributed by atoms with Crippen molar-refractivity contribution in [2.45, 2.75) is 26.2 Å². The molecule has 0 spiro atoms. The minimum atomic E-state index is -0.725. The third-order valence-corrected chi connectivity index (χ3v) is 3.96. The molecule has 0 atom stereocenters. The second-order valence-corrected chi connectivity index (χ2v) is 6.27. The first-order chi connectivity index (χ1) is 11.9. The summed E-state index contributed by atoms with van der Waals surface area (Å²) in [6.07, 6.45) is -0.331. The number of nitrogens with one attached hydrogen (secondary N) is 1. The number of anilines is 1. The predicted octanol–water partition coefficient (Wildman–Crippen LogP) is 4.33. The third kappa shape index (κ3) is 5.57. The monoisotopic (exact) mass is 363 g/mol. The first-order valence-electron chi connectivity index (χ1n) is 7.85. The van der Waals surface area contributed by atoms with Gasteiger partial charge in [0.05, 0.1) is 6.42 Å². The standard InChI is InChI=1S/C19H19ClFNO3/c1-12(2)13-6-8-14(9-7-13)22-18(23)11-25-19(24)10-15-16(20)4-3-5-17(15)21/h3-9,12H,10-11H2,1-2H3,(H,22,23). The molecule has 0 aliphatic carbocycles. The molecule has 2 aromatic carbocycles. The molecule has 0 bridgehead atoms. The van der Waals surface area contributed by atoms with Crippen LogP contribution < -0.4 is 5.32 Å². The fourth-order valence-corrected chi connectivity index (χ4v) is 2.42. The van der Waals surface area contributed by atoms with Gasteiger partial charge in [0, 0.05) is 16.3 Å². The van der Waals surface area contributed by atoms with E-state index in [4.69, 9.17) is 16.3 Å². The number of carbonyl (C=O) groups is 2. The van der Waals surface area contributed by atoms with Crippen LogP contribution in [0.3, 0.4) is 0 Å². The van der Waals surface area contributed by atoms with Crippen LogP contribution in [0.2, 0.25) is 5.02 Å². The molecule has 2 rings (SSSR count). The van der Waals surface area contributed by atoms with E-state index >= 15 is 0 Å². The third-order valence-electron chi connectivity index (χ3n) is 3.61. The fourth-order valence-electron chi connectivity index (χ4n) is 2.19. The van der Waals surface area contributed by atoms with Crippen LogP contribution >= 0.6 is 11.6 Å². The van der Waals surface area contributed by atoms with E-state index in [1.807, 2.05) is 12.1 Å². The van der Waals surface area contributed by atoms with Crippen molar-refractivity contribution in [1.82, 2.24) is 0 Å². The molecule has 0 aliphatic heterocycles. The van der Waals surface area contributed by atoms with E-state index < -0.39 is 24.3 Å². The summed E-state index contributed by atoms with van der Waals surface area (Å²) >= 11 is 5.85. The predicted molar refractivity (Wildman–Crippen MR) is 95.2 cm³/mol. The summed E-state index contributed by atoms with van der Waals surface area (Å²) in [6.45, 7) is 3.71. The minimum Gasteiger partial charge on any atom is -0.455 e. The average molecular weight is 364 g/mol. The SMILES string of the molecule is CC(C)c1ccc(NC(=O)COC(=O)Cc2c(F)cccc2Cl)cc1. The Balaban J connectivity index is 1.84. The molecule has 0 aliphatic rings. The summed E-state index contributed by atoms with van der Waals surface area (Å²) in [5.41, 5.74) is 1.83. The van der Waals surface area contributed by atoms with E-state index in [2.05, 4.69) is 19.2 Å². The second-order valence-electron chi connectivity index (χ2n) is 5.86. The van der Waals surface area contributed by atoms with Gasteiger partial charge in [-0.15, -0.1) is 0 Å². The quantitative estimate of drug-likeness (QED) is 0.777. The Kier molecular flexibility index (Phi) is 6.53. The lowest BCUT2D eigenvalue weighted by Crippen LogP contribution is -2.21. The highest BCUT2D eigenvalue weighted by atomic mass is 35.5. The lowest BCUT2D eigenvalue weighted by Gasteiger charge is -2.09. The molecular weight excluding hydrogens is 345 g/mol. The lowest BCUT2D eigenvalue weighted by atomic mass is 10.0. The highest BCUT2D eigenvalue weighted by Crippen LogP contribution is 2.20. The van der Waals surface area contributed by atoms with Crippen LogP contribution in [0, 0.1) is 5.82 Å². The molecule has 25 heavy (non-hydrogen) atoms. The Bertz CT molecular complexity index is 740. The average Bonchev–Trinajstić information content (AvgIpc) is 2.57. The van der Waals surface area contributed by atoms with Gasteiger partial charge in [-0.05, 0) is 35.7 Å². The number of amides is 1. The number of halogens is 2. The van der Waals surface area contributed by atoms with E-state index in [-0.39, 0.29) is 17.0 Å². The smallest absolute Gasteiger partial charge is 0.310 e. The molecule has 0 fully saturated rings. The summed E-state index contributed by atoms with van der Waals surface area (Å²) in [6, 6.07) is 11.6. The summed E-state index contributed by atoms with van der Waals surface area (Å²) in [4.78, 5) is 23.6. The highest BCUT2D eigenvalue weighted by molar-refractivity contribution is 6.31. The molecule has 0 aromatic heterocycles. The van der Waals surface area contributed by atoms with Gasteiger partial charge in [0.1, 0.15) is 5.82 Å². The number of ether oxygens (including phenoxy) is 1. The highest BCUT2D eigenvalue weighted by Gasteiger charge is 2.14. The summed E-state index contributed by atoms with van der Waals surface area (Å²) < 4.78 is 18.5. The molecule has 132 valence electrons. The molecule has 1 N–H and O–H groups in total. The fraction of sp³-hybridized carbons (Fsp3) is 0.263. The van der Waals surface area contributed by atoms with Crippen LogP contribution in [0.15, 0.2) is 42.5 Å². The molecule has 6 heteroatoms. The molecular formula is C19H19ClFNO3. The van der Waals surface area contributed by atoms with Crippen molar-refractivity contribution in [3.63, 3.8) is 0 Å². The first kappa shape index (κ1) is 18.9. The van der Waals surface area contributed by atoms with Gasteiger partial charge in [0.2, 0.25) is 0 Å². The Morgan fingerprint density at radius 2 is 1.84 bits per heavy atom. The Labute approximate surface area is 150 Å². The van der Waals surface area contributed by atoms with Crippen LogP contribution in [-0.2, 0) is 20.7 Å². The van der Waals surface area contributed by atoms with Gasteiger partial charge < -0.3 is 10.1 Å². The molecule has 0 saturated carbocycles. The van der Waals surface area contributed by atoms with Crippen LogP contribution in [0.25, 0.3) is 0 Å². The number of hydrogen-bond donors (Lipinski definition) is 1. The van der Waals surface area contributed by atoms with E-state index in [1.54, 1.807) is 12.1 Å². The van der Waals surface area contributed by atoms with E-state index in [9.17, 15) is 14.0 Å². The van der Waals surface area contributed by atoms with Crippen LogP contribution in [0.5, 0.6) is 0 Å². The van der Waals surface area contributed by atoms with Crippen molar-refractivity contribution in [1.29, 1.82) is 0 Å². The van der Waals surface area contributed by atoms with E-state index in [0.717, 1.165) is 5.56 Å². The molecule has 0 unspecified atom stereocenters. The molecule has 4 nitrogen and oxygen atoms in total. The Morgan fingerprint density at radius 1 is 1.16 bits per heavy atom. The van der Waals surface area contributed by atoms with Crippen molar-refractivity contribution in [3.8, 4) is 0 Å². The first-order valence-corrected chi connectivity index (χ1v) is 8.23. The van der Waals surface area contributed by atoms with Gasteiger partial charge in [0.25, 0.3) is 5.91 Å². The summed E-state index contributed by atoms with van der Waals surface area (Å²) in [5, 5.41) is 2.78. The van der Waals surface area contributed by atoms with E-state index in [0.29, 0.717) is 11.6 Å². The van der Waals surface area contributed by atoms with Gasteiger partial charge >= 0.3 is 5.97 Å². The molecule has 0 heterocycles. The maximum absolute atomic E-state index is 13.6. The van der Waals surface area contributed by atoms with Crippen molar-refractivity contribution in [3.05, 3.63) is 64.4 Å². The number of esters is 1. The number of hydrogen-bond acceptors (Lipinski definition) is 3. The summed E-state index contributed by atoms with van der Waals surface area (Å²) in [7, 11) is 0. The van der Waals surface area contributed by atoms with Crippen LogP contribution in [-0.4, -0.2) is 18.5 Å². The van der Waals surface area contributed by atoms with Gasteiger partial charge in [-0.2, -0.15) is 0 Å². The van der Waals surface area contributed by atoms with Gasteiger partial charge in [-0.25, -0.2) is 4.39 Å². The molecule has 0 saturated heterocycles. The molecule has 0 radical (unpaired) electrons. The minimum absolute atomic E-state index is 0.0545. The normalized spacial score (nSPS) is 10.6. The van der Waals surface area contributed by atoms with Crippen LogP contribution in [0.4, 0.5) is 10.1 Å². The van der Waals surface area contributed by atoms with Crippen molar-refractivity contribution in [2.24, 2.45) is 0 Å². The zero-order valence-electron chi connectivity index (χ0n) is 14.0. The van der Waals surface area contributed by atoms with Crippen LogP contribution in [0.1, 0.15) is 30.9 Å². The van der Waals surface area contributed by atoms with Crippen molar-refractivity contribution < 1.29 is 18.7 Å². The molecule has 2 aromatic rings. The van der Waals surface area contributed by atoms with Crippen molar-refractivity contribution in [2.75, 3.05) is 11.9 Å². The number of carbonyl (C=O) groups excluding carboxylic acids is 2. The van der Waals surface area contributed by atoms with Crippen molar-refractivity contribution >= 4 is 29.2 Å². The maximum atomic E-state index is 13.6. The molecule has 1 amide bonds. The van der Waals surface area contributed by atoms with Gasteiger partial charge in [-0.1, -0.05) is 43.6 Å². The number of rotatable bonds is 6.